The van der Waals surface area contributed by atoms with Crippen LogP contribution in [0.25, 0.3) is 10.9 Å². The Bertz CT molecular complexity index is 500. The number of rotatable bonds is 0. The average Bonchev–Trinajstić information content (AvgIpc) is 2.18. The van der Waals surface area contributed by atoms with E-state index in [4.69, 9.17) is 5.26 Å². The van der Waals surface area contributed by atoms with Crippen LogP contribution in [0.15, 0.2) is 35.4 Å². The van der Waals surface area contributed by atoms with Crippen molar-refractivity contribution in [1.29, 1.82) is 5.26 Å². The summed E-state index contributed by atoms with van der Waals surface area (Å²) in [4.78, 5) is 4.92. The van der Waals surface area contributed by atoms with Crippen LogP contribution in [0.2, 0.25) is 0 Å². The molecule has 0 saturated heterocycles. The number of pyridine rings is 1. The van der Waals surface area contributed by atoms with Crippen LogP contribution in [0.4, 0.5) is 0 Å². The Morgan fingerprint density at radius 3 is 3.00 bits per heavy atom. The van der Waals surface area contributed by atoms with Gasteiger partial charge in [0.1, 0.15) is 0 Å². The van der Waals surface area contributed by atoms with Crippen LogP contribution in [0.5, 0.6) is 0 Å². The molecule has 0 atom stereocenters. The van der Waals surface area contributed by atoms with Gasteiger partial charge in [0.2, 0.25) is 0 Å². The van der Waals surface area contributed by atoms with Crippen LogP contribution in [0, 0.1) is 11.3 Å². The Labute approximate surface area is 81.2 Å². The van der Waals surface area contributed by atoms with Crippen molar-refractivity contribution in [3.8, 4) is 6.07 Å². The minimum Gasteiger partial charge on any atom is -0.255 e. The van der Waals surface area contributed by atoms with Crippen LogP contribution in [-0.4, -0.2) is 4.98 Å². The molecule has 2 aromatic rings. The maximum Gasteiger partial charge on any atom is 0.0992 e. The quantitative estimate of drug-likeness (QED) is 0.641. The molecule has 0 aliphatic heterocycles. The molecule has 3 heteroatoms. The third-order valence-electron chi connectivity index (χ3n) is 1.81. The van der Waals surface area contributed by atoms with Crippen molar-refractivity contribution in [3.63, 3.8) is 0 Å². The SMILES string of the molecule is N#Cc1cc(S)c2ncccc2c1. The van der Waals surface area contributed by atoms with Gasteiger partial charge in [-0.2, -0.15) is 5.26 Å². The van der Waals surface area contributed by atoms with E-state index >= 15 is 0 Å². The highest BCUT2D eigenvalue weighted by Crippen LogP contribution is 2.21. The number of thiol groups is 1. The Kier molecular flexibility index (Phi) is 1.91. The Morgan fingerprint density at radius 2 is 2.23 bits per heavy atom. The van der Waals surface area contributed by atoms with Gasteiger partial charge in [-0.25, -0.2) is 0 Å². The van der Waals surface area contributed by atoms with E-state index in [0.29, 0.717) is 5.56 Å². The fourth-order valence-electron chi connectivity index (χ4n) is 1.24. The monoisotopic (exact) mass is 186 g/mol. The lowest BCUT2D eigenvalue weighted by Crippen LogP contribution is -1.82. The van der Waals surface area contributed by atoms with E-state index in [9.17, 15) is 0 Å². The summed E-state index contributed by atoms with van der Waals surface area (Å²) in [6.07, 6.45) is 1.72. The van der Waals surface area contributed by atoms with Crippen molar-refractivity contribution in [3.05, 3.63) is 36.0 Å². The van der Waals surface area contributed by atoms with Gasteiger partial charge in [-0.05, 0) is 18.2 Å². The standard InChI is InChI=1S/C10H6N2S/c11-6-7-4-8-2-1-3-12-10(8)9(13)5-7/h1-5,13H. The number of hydrogen-bond acceptors (Lipinski definition) is 3. The molecule has 0 radical (unpaired) electrons. The van der Waals surface area contributed by atoms with E-state index in [-0.39, 0.29) is 0 Å². The number of nitriles is 1. The molecule has 0 bridgehead atoms. The highest BCUT2D eigenvalue weighted by atomic mass is 32.1. The molecule has 13 heavy (non-hydrogen) atoms. The molecule has 0 fully saturated rings. The first-order valence-corrected chi connectivity index (χ1v) is 4.24. The second-order valence-corrected chi connectivity index (χ2v) is 3.16. The Morgan fingerprint density at radius 1 is 1.38 bits per heavy atom. The lowest BCUT2D eigenvalue weighted by Gasteiger charge is -1.99. The van der Waals surface area contributed by atoms with Gasteiger partial charge in [-0.3, -0.25) is 4.98 Å². The molecule has 2 rings (SSSR count). The molecule has 0 amide bonds. The smallest absolute Gasteiger partial charge is 0.0992 e. The lowest BCUT2D eigenvalue weighted by molar-refractivity contribution is 1.34. The van der Waals surface area contributed by atoms with Gasteiger partial charge >= 0.3 is 0 Å². The Balaban J connectivity index is 2.86. The summed E-state index contributed by atoms with van der Waals surface area (Å²) in [6.45, 7) is 0. The van der Waals surface area contributed by atoms with E-state index in [2.05, 4.69) is 23.7 Å². The van der Waals surface area contributed by atoms with Crippen molar-refractivity contribution < 1.29 is 0 Å². The van der Waals surface area contributed by atoms with Crippen LogP contribution < -0.4 is 0 Å². The molecule has 0 N–H and O–H groups in total. The third-order valence-corrected chi connectivity index (χ3v) is 2.15. The van der Waals surface area contributed by atoms with E-state index in [0.717, 1.165) is 15.8 Å². The van der Waals surface area contributed by atoms with E-state index < -0.39 is 0 Å². The average molecular weight is 186 g/mol. The van der Waals surface area contributed by atoms with Crippen molar-refractivity contribution in [2.24, 2.45) is 0 Å². The van der Waals surface area contributed by atoms with Crippen LogP contribution in [0.3, 0.4) is 0 Å². The maximum absolute atomic E-state index is 8.72. The van der Waals surface area contributed by atoms with E-state index in [1.165, 1.54) is 0 Å². The highest BCUT2D eigenvalue weighted by molar-refractivity contribution is 7.80. The maximum atomic E-state index is 8.72. The van der Waals surface area contributed by atoms with Crippen LogP contribution in [0.1, 0.15) is 5.56 Å². The molecule has 1 aromatic heterocycles. The summed E-state index contributed by atoms with van der Waals surface area (Å²) >= 11 is 4.26. The molecular formula is C10H6N2S. The third kappa shape index (κ3) is 1.36. The van der Waals surface area contributed by atoms with Gasteiger partial charge in [0.15, 0.2) is 0 Å². The first kappa shape index (κ1) is 8.09. The minimum absolute atomic E-state index is 0.616. The van der Waals surface area contributed by atoms with Gasteiger partial charge in [-0.15, -0.1) is 12.6 Å². The summed E-state index contributed by atoms with van der Waals surface area (Å²) in [7, 11) is 0. The first-order chi connectivity index (χ1) is 6.31. The van der Waals surface area contributed by atoms with E-state index in [1.807, 2.05) is 18.2 Å². The number of benzene rings is 1. The van der Waals surface area contributed by atoms with Crippen molar-refractivity contribution in [2.45, 2.75) is 4.90 Å². The number of hydrogen-bond donors (Lipinski definition) is 1. The second-order valence-electron chi connectivity index (χ2n) is 2.68. The number of fused-ring (bicyclic) bond motifs is 1. The van der Waals surface area contributed by atoms with Crippen molar-refractivity contribution in [2.75, 3.05) is 0 Å². The summed E-state index contributed by atoms with van der Waals surface area (Å²) < 4.78 is 0. The molecule has 0 saturated carbocycles. The zero-order valence-electron chi connectivity index (χ0n) is 6.73. The van der Waals surface area contributed by atoms with Gasteiger partial charge < -0.3 is 0 Å². The largest absolute Gasteiger partial charge is 0.255 e. The lowest BCUT2D eigenvalue weighted by atomic mass is 10.1. The van der Waals surface area contributed by atoms with E-state index in [1.54, 1.807) is 12.3 Å². The molecule has 62 valence electrons. The van der Waals surface area contributed by atoms with Gasteiger partial charge in [-0.1, -0.05) is 6.07 Å². The fraction of sp³-hybridized carbons (Fsp3) is 0. The summed E-state index contributed by atoms with van der Waals surface area (Å²) in [6, 6.07) is 9.38. The molecule has 1 aromatic carbocycles. The molecule has 1 heterocycles. The molecule has 0 aliphatic carbocycles. The summed E-state index contributed by atoms with van der Waals surface area (Å²) in [5.41, 5.74) is 1.45. The second kappa shape index (κ2) is 3.08. The molecule has 2 nitrogen and oxygen atoms in total. The molecule has 0 unspecified atom stereocenters. The topological polar surface area (TPSA) is 36.7 Å². The minimum atomic E-state index is 0.616. The predicted octanol–water partition coefficient (Wildman–Crippen LogP) is 2.40. The number of nitrogens with zero attached hydrogens (tertiary/aromatic N) is 2. The van der Waals surface area contributed by atoms with Crippen molar-refractivity contribution in [1.82, 2.24) is 4.98 Å². The normalized spacial score (nSPS) is 9.85. The van der Waals surface area contributed by atoms with Gasteiger partial charge in [0, 0.05) is 16.5 Å². The van der Waals surface area contributed by atoms with Crippen LogP contribution >= 0.6 is 12.6 Å². The summed E-state index contributed by atoms with van der Waals surface area (Å²) in [5, 5.41) is 9.67. The first-order valence-electron chi connectivity index (χ1n) is 3.79. The zero-order chi connectivity index (χ0) is 9.26. The predicted molar refractivity (Wildman–Crippen MR) is 53.7 cm³/mol. The molecule has 0 spiro atoms. The highest BCUT2D eigenvalue weighted by Gasteiger charge is 2.00. The molecule has 0 aliphatic rings. The zero-order valence-corrected chi connectivity index (χ0v) is 7.62. The van der Waals surface area contributed by atoms with Crippen molar-refractivity contribution >= 4 is 23.5 Å². The van der Waals surface area contributed by atoms with Gasteiger partial charge in [0.05, 0.1) is 17.1 Å². The summed E-state index contributed by atoms with van der Waals surface area (Å²) in [5.74, 6) is 0. The fourth-order valence-corrected chi connectivity index (χ4v) is 1.56. The van der Waals surface area contributed by atoms with Gasteiger partial charge in [0.25, 0.3) is 0 Å². The Hall–Kier alpha value is -1.53. The number of aromatic nitrogens is 1. The molecular weight excluding hydrogens is 180 g/mol. The van der Waals surface area contributed by atoms with Crippen LogP contribution in [-0.2, 0) is 0 Å².